The largest absolute Gasteiger partial charge is 0.370 e. The summed E-state index contributed by atoms with van der Waals surface area (Å²) in [6, 6.07) is 2.96. The third-order valence-corrected chi connectivity index (χ3v) is 2.40. The number of pyridine rings is 1. The van der Waals surface area contributed by atoms with E-state index in [1.54, 1.807) is 0 Å². The lowest BCUT2D eigenvalue weighted by atomic mass is 10.2. The minimum absolute atomic E-state index is 0.0616. The lowest BCUT2D eigenvalue weighted by Crippen LogP contribution is -2.23. The summed E-state index contributed by atoms with van der Waals surface area (Å²) in [6.45, 7) is 7.61. The fraction of sp³-hybridized carbons (Fsp3) is 0.583. The van der Waals surface area contributed by atoms with Crippen LogP contribution in [0.2, 0.25) is 0 Å². The van der Waals surface area contributed by atoms with E-state index in [1.165, 1.54) is 12.1 Å². The first-order chi connectivity index (χ1) is 8.43. The Morgan fingerprint density at radius 1 is 1.50 bits per heavy atom. The summed E-state index contributed by atoms with van der Waals surface area (Å²) in [4.78, 5) is 16.8. The van der Waals surface area contributed by atoms with E-state index in [1.807, 2.05) is 18.9 Å². The maximum atomic E-state index is 10.9. The van der Waals surface area contributed by atoms with Crippen LogP contribution in [0.4, 0.5) is 17.3 Å². The zero-order chi connectivity index (χ0) is 13.7. The SMILES string of the molecule is CCNc1cc([N+](=O)[O-])cc(N(C)CC(C)C)n1. The molecule has 0 aliphatic heterocycles. The Kier molecular flexibility index (Phi) is 4.88. The van der Waals surface area contributed by atoms with Crippen molar-refractivity contribution in [1.82, 2.24) is 4.98 Å². The molecule has 6 heteroatoms. The lowest BCUT2D eigenvalue weighted by Gasteiger charge is -2.20. The molecule has 1 aromatic rings. The van der Waals surface area contributed by atoms with Crippen molar-refractivity contribution in [1.29, 1.82) is 0 Å². The highest BCUT2D eigenvalue weighted by atomic mass is 16.6. The summed E-state index contributed by atoms with van der Waals surface area (Å²) in [7, 11) is 1.89. The first-order valence-electron chi connectivity index (χ1n) is 6.05. The molecule has 0 aliphatic rings. The Bertz CT molecular complexity index is 421. The van der Waals surface area contributed by atoms with Crippen molar-refractivity contribution in [3.8, 4) is 0 Å². The number of rotatable bonds is 6. The Hall–Kier alpha value is -1.85. The fourth-order valence-electron chi connectivity index (χ4n) is 1.72. The van der Waals surface area contributed by atoms with E-state index >= 15 is 0 Å². The highest BCUT2D eigenvalue weighted by Crippen LogP contribution is 2.23. The van der Waals surface area contributed by atoms with E-state index < -0.39 is 4.92 Å². The quantitative estimate of drug-likeness (QED) is 0.622. The molecule has 1 rings (SSSR count). The van der Waals surface area contributed by atoms with Crippen LogP contribution in [0.15, 0.2) is 12.1 Å². The van der Waals surface area contributed by atoms with E-state index in [2.05, 4.69) is 24.1 Å². The van der Waals surface area contributed by atoms with Gasteiger partial charge in [-0.1, -0.05) is 13.8 Å². The van der Waals surface area contributed by atoms with E-state index in [9.17, 15) is 10.1 Å². The van der Waals surface area contributed by atoms with Crippen molar-refractivity contribution < 1.29 is 4.92 Å². The number of nitrogens with one attached hydrogen (secondary N) is 1. The van der Waals surface area contributed by atoms with Crippen LogP contribution in [-0.4, -0.2) is 30.0 Å². The number of nitrogens with zero attached hydrogens (tertiary/aromatic N) is 3. The molecule has 1 N–H and O–H groups in total. The normalized spacial score (nSPS) is 10.5. The van der Waals surface area contributed by atoms with Gasteiger partial charge in [-0.3, -0.25) is 10.1 Å². The molecule has 0 unspecified atom stereocenters. The van der Waals surface area contributed by atoms with Crippen LogP contribution in [-0.2, 0) is 0 Å². The third kappa shape index (κ3) is 3.87. The maximum Gasteiger partial charge on any atom is 0.276 e. The highest BCUT2D eigenvalue weighted by molar-refractivity contribution is 5.55. The van der Waals surface area contributed by atoms with Crippen LogP contribution in [0.25, 0.3) is 0 Å². The summed E-state index contributed by atoms with van der Waals surface area (Å²) in [6.07, 6.45) is 0. The first-order valence-corrected chi connectivity index (χ1v) is 6.05. The van der Waals surface area contributed by atoms with Gasteiger partial charge in [0.1, 0.15) is 11.6 Å². The molecule has 18 heavy (non-hydrogen) atoms. The van der Waals surface area contributed by atoms with Crippen molar-refractivity contribution in [2.75, 3.05) is 30.4 Å². The Morgan fingerprint density at radius 3 is 2.67 bits per heavy atom. The molecule has 0 atom stereocenters. The van der Waals surface area contributed by atoms with Crippen molar-refractivity contribution in [2.45, 2.75) is 20.8 Å². The van der Waals surface area contributed by atoms with Gasteiger partial charge in [-0.05, 0) is 12.8 Å². The Balaban J connectivity index is 3.05. The molecular formula is C12H20N4O2. The number of hydrogen-bond donors (Lipinski definition) is 1. The lowest BCUT2D eigenvalue weighted by molar-refractivity contribution is -0.384. The Labute approximate surface area is 107 Å². The molecule has 0 radical (unpaired) electrons. The molecule has 0 amide bonds. The van der Waals surface area contributed by atoms with Gasteiger partial charge in [-0.15, -0.1) is 0 Å². The summed E-state index contributed by atoms with van der Waals surface area (Å²) in [5.74, 6) is 1.63. The standard InChI is InChI=1S/C12H20N4O2/c1-5-13-11-6-10(16(17)18)7-12(14-11)15(4)8-9(2)3/h6-7,9H,5,8H2,1-4H3,(H,13,14). The molecule has 0 aromatic carbocycles. The number of anilines is 2. The molecule has 1 aromatic heterocycles. The average Bonchev–Trinajstić information content (AvgIpc) is 2.28. The number of nitro groups is 1. The molecule has 0 aliphatic carbocycles. The molecule has 0 fully saturated rings. The van der Waals surface area contributed by atoms with Crippen LogP contribution in [0.1, 0.15) is 20.8 Å². The summed E-state index contributed by atoms with van der Waals surface area (Å²) in [5, 5.41) is 13.9. The van der Waals surface area contributed by atoms with Crippen LogP contribution < -0.4 is 10.2 Å². The van der Waals surface area contributed by atoms with Crippen molar-refractivity contribution in [3.63, 3.8) is 0 Å². The van der Waals surface area contributed by atoms with E-state index in [4.69, 9.17) is 0 Å². The molecule has 0 saturated carbocycles. The van der Waals surface area contributed by atoms with Gasteiger partial charge in [-0.25, -0.2) is 4.98 Å². The average molecular weight is 252 g/mol. The number of hydrogen-bond acceptors (Lipinski definition) is 5. The summed E-state index contributed by atoms with van der Waals surface area (Å²) < 4.78 is 0. The minimum Gasteiger partial charge on any atom is -0.370 e. The van der Waals surface area contributed by atoms with Gasteiger partial charge in [0.05, 0.1) is 17.1 Å². The van der Waals surface area contributed by atoms with Crippen molar-refractivity contribution in [2.24, 2.45) is 5.92 Å². The highest BCUT2D eigenvalue weighted by Gasteiger charge is 2.14. The van der Waals surface area contributed by atoms with Gasteiger partial charge in [-0.2, -0.15) is 0 Å². The molecular weight excluding hydrogens is 232 g/mol. The molecule has 1 heterocycles. The van der Waals surface area contributed by atoms with Crippen LogP contribution in [0, 0.1) is 16.0 Å². The first kappa shape index (κ1) is 14.2. The number of aromatic nitrogens is 1. The second kappa shape index (κ2) is 6.18. The van der Waals surface area contributed by atoms with Gasteiger partial charge < -0.3 is 10.2 Å². The van der Waals surface area contributed by atoms with Crippen LogP contribution in [0.3, 0.4) is 0 Å². The van der Waals surface area contributed by atoms with E-state index in [-0.39, 0.29) is 5.69 Å². The summed E-state index contributed by atoms with van der Waals surface area (Å²) >= 11 is 0. The third-order valence-electron chi connectivity index (χ3n) is 2.40. The monoisotopic (exact) mass is 252 g/mol. The Morgan fingerprint density at radius 2 is 2.17 bits per heavy atom. The maximum absolute atomic E-state index is 10.9. The second-order valence-electron chi connectivity index (χ2n) is 4.63. The van der Waals surface area contributed by atoms with Crippen LogP contribution >= 0.6 is 0 Å². The van der Waals surface area contributed by atoms with Crippen LogP contribution in [0.5, 0.6) is 0 Å². The topological polar surface area (TPSA) is 71.3 Å². The smallest absolute Gasteiger partial charge is 0.276 e. The van der Waals surface area contributed by atoms with E-state index in [0.717, 1.165) is 6.54 Å². The zero-order valence-corrected chi connectivity index (χ0v) is 11.3. The van der Waals surface area contributed by atoms with Gasteiger partial charge in [0.25, 0.3) is 5.69 Å². The van der Waals surface area contributed by atoms with E-state index in [0.29, 0.717) is 24.1 Å². The second-order valence-corrected chi connectivity index (χ2v) is 4.63. The van der Waals surface area contributed by atoms with Gasteiger partial charge >= 0.3 is 0 Å². The van der Waals surface area contributed by atoms with Crippen molar-refractivity contribution in [3.05, 3.63) is 22.2 Å². The summed E-state index contributed by atoms with van der Waals surface area (Å²) in [5.41, 5.74) is 0.0616. The molecule has 0 spiro atoms. The fourth-order valence-corrected chi connectivity index (χ4v) is 1.72. The zero-order valence-electron chi connectivity index (χ0n) is 11.3. The van der Waals surface area contributed by atoms with Crippen molar-refractivity contribution >= 4 is 17.3 Å². The molecule has 0 saturated heterocycles. The molecule has 100 valence electrons. The molecule has 6 nitrogen and oxygen atoms in total. The molecule has 0 bridgehead atoms. The minimum atomic E-state index is -0.394. The predicted molar refractivity (Wildman–Crippen MR) is 73.2 cm³/mol. The predicted octanol–water partition coefficient (Wildman–Crippen LogP) is 2.51. The van der Waals surface area contributed by atoms with Gasteiger partial charge in [0.15, 0.2) is 0 Å². The van der Waals surface area contributed by atoms with Gasteiger partial charge in [0.2, 0.25) is 0 Å². The van der Waals surface area contributed by atoms with Gasteiger partial charge in [0, 0.05) is 20.1 Å².